The summed E-state index contributed by atoms with van der Waals surface area (Å²) in [6.07, 6.45) is 3.88. The van der Waals surface area contributed by atoms with Crippen molar-refractivity contribution < 1.29 is 39.6 Å². The molecular weight excluding hydrogens is 585 g/mol. The molecule has 2 bridgehead atoms. The molecule has 0 spiro atoms. The van der Waals surface area contributed by atoms with Crippen LogP contribution in [0.15, 0.2) is 39.6 Å². The summed E-state index contributed by atoms with van der Waals surface area (Å²) in [6.45, 7) is -0.437. The quantitative estimate of drug-likeness (QED) is 0.392. The molecule has 0 aromatic heterocycles. The maximum atomic E-state index is 14.7. The van der Waals surface area contributed by atoms with Gasteiger partial charge in [0.15, 0.2) is 23.3 Å². The molecule has 4 fully saturated rings. The molecule has 0 radical (unpaired) electrons. The molecule has 3 saturated carbocycles. The lowest BCUT2D eigenvalue weighted by molar-refractivity contribution is -0.162. The molecule has 3 aliphatic carbocycles. The van der Waals surface area contributed by atoms with E-state index in [4.69, 9.17) is 0 Å². The van der Waals surface area contributed by atoms with E-state index in [1.165, 1.54) is 17.0 Å². The van der Waals surface area contributed by atoms with Crippen LogP contribution in [0.1, 0.15) is 31.2 Å². The molecule has 5 aliphatic rings. The summed E-state index contributed by atoms with van der Waals surface area (Å²) in [7, 11) is -8.19. The zero-order valence-electron chi connectivity index (χ0n) is 21.6. The van der Waals surface area contributed by atoms with Crippen LogP contribution in [0.4, 0.5) is 24.5 Å². The summed E-state index contributed by atoms with van der Waals surface area (Å²) in [6, 6.07) is 4.15. The van der Waals surface area contributed by atoms with E-state index in [-0.39, 0.29) is 33.7 Å². The van der Waals surface area contributed by atoms with Gasteiger partial charge in [-0.25, -0.2) is 21.6 Å². The van der Waals surface area contributed by atoms with Gasteiger partial charge in [-0.3, -0.25) is 14.3 Å². The predicted octanol–water partition coefficient (Wildman–Crippen LogP) is 3.02. The van der Waals surface area contributed by atoms with E-state index in [9.17, 15) is 39.6 Å². The van der Waals surface area contributed by atoms with Crippen LogP contribution in [-0.4, -0.2) is 51.6 Å². The molecule has 15 heteroatoms. The van der Waals surface area contributed by atoms with Crippen molar-refractivity contribution in [3.05, 3.63) is 53.3 Å². The van der Waals surface area contributed by atoms with Gasteiger partial charge in [-0.15, -0.1) is 4.40 Å². The van der Waals surface area contributed by atoms with Crippen molar-refractivity contribution >= 4 is 48.9 Å². The van der Waals surface area contributed by atoms with Gasteiger partial charge in [0, 0.05) is 35.8 Å². The molecule has 2 aliphatic heterocycles. The summed E-state index contributed by atoms with van der Waals surface area (Å²) in [5.41, 5.74) is -0.311. The van der Waals surface area contributed by atoms with Gasteiger partial charge in [-0.1, -0.05) is 0 Å². The third-order valence-electron chi connectivity index (χ3n) is 8.43. The lowest BCUT2D eigenvalue weighted by Crippen LogP contribution is -2.66. The van der Waals surface area contributed by atoms with Crippen LogP contribution in [0.25, 0.3) is 0 Å². The minimum absolute atomic E-state index is 0.0138. The summed E-state index contributed by atoms with van der Waals surface area (Å²) < 4.78 is 97.8. The van der Waals surface area contributed by atoms with E-state index in [1.807, 2.05) is 0 Å². The Balaban J connectivity index is 1.40. The number of ketones is 1. The zero-order chi connectivity index (χ0) is 29.4. The highest BCUT2D eigenvalue weighted by Gasteiger charge is 2.58. The van der Waals surface area contributed by atoms with Gasteiger partial charge in [0.25, 0.3) is 10.0 Å². The lowest BCUT2D eigenvalue weighted by atomic mass is 9.57. The summed E-state index contributed by atoms with van der Waals surface area (Å²) in [4.78, 5) is 28.9. The molecule has 7 rings (SSSR count). The fourth-order valence-electron chi connectivity index (χ4n) is 6.78. The van der Waals surface area contributed by atoms with Gasteiger partial charge in [0.2, 0.25) is 15.9 Å². The molecule has 218 valence electrons. The maximum absolute atomic E-state index is 14.7. The minimum Gasteiger partial charge on any atom is -0.341 e. The van der Waals surface area contributed by atoms with Crippen molar-refractivity contribution in [1.82, 2.24) is 4.90 Å². The van der Waals surface area contributed by atoms with E-state index < -0.39 is 79.4 Å². The van der Waals surface area contributed by atoms with Crippen molar-refractivity contribution in [1.29, 1.82) is 0 Å². The van der Waals surface area contributed by atoms with Crippen LogP contribution in [-0.2, 0) is 36.2 Å². The molecule has 2 N–H and O–H groups in total. The van der Waals surface area contributed by atoms with Crippen LogP contribution in [0.5, 0.6) is 0 Å². The summed E-state index contributed by atoms with van der Waals surface area (Å²) >= 11 is 0. The molecule has 1 amide bonds. The van der Waals surface area contributed by atoms with Gasteiger partial charge >= 0.3 is 0 Å². The third-order valence-corrected chi connectivity index (χ3v) is 10.4. The highest BCUT2D eigenvalue weighted by Crippen LogP contribution is 2.51. The monoisotopic (exact) mass is 610 g/mol. The second-order valence-electron chi connectivity index (χ2n) is 11.0. The number of benzene rings is 2. The van der Waals surface area contributed by atoms with Crippen molar-refractivity contribution in [3.63, 3.8) is 0 Å². The topological polar surface area (TPSA) is 142 Å². The molecule has 10 nitrogen and oxygen atoms in total. The Kier molecular flexibility index (Phi) is 6.45. The number of likely N-dealkylation sites (tertiary alicyclic amines) is 1. The number of halogens is 3. The highest BCUT2D eigenvalue weighted by atomic mass is 32.2. The highest BCUT2D eigenvalue weighted by molar-refractivity contribution is 7.92. The first-order valence-electron chi connectivity index (χ1n) is 12.9. The number of Topliss-reactive ketones (excluding diaryl/α,β-unsaturated/α-hetero) is 1. The number of nitrogens with zero attached hydrogens (tertiary/aromatic N) is 2. The van der Waals surface area contributed by atoms with Gasteiger partial charge in [-0.05, 0) is 61.8 Å². The van der Waals surface area contributed by atoms with Crippen LogP contribution in [0, 0.1) is 41.1 Å². The maximum Gasteiger partial charge on any atom is 0.286 e. The van der Waals surface area contributed by atoms with Crippen molar-refractivity contribution in [2.24, 2.45) is 28.1 Å². The van der Waals surface area contributed by atoms with Crippen molar-refractivity contribution in [2.45, 2.75) is 43.2 Å². The molecule has 1 saturated heterocycles. The molecule has 1 unspecified atom stereocenters. The fraction of sp³-hybridized carbons (Fsp3) is 0.423. The number of amides is 1. The first-order chi connectivity index (χ1) is 19.2. The average molecular weight is 611 g/mol. The predicted molar refractivity (Wildman–Crippen MR) is 141 cm³/mol. The number of carbonyl (C=O) groups is 2. The summed E-state index contributed by atoms with van der Waals surface area (Å²) in [5, 5.41) is 2.77. The Morgan fingerprint density at radius 2 is 1.66 bits per heavy atom. The zero-order valence-corrected chi connectivity index (χ0v) is 23.2. The average Bonchev–Trinajstić information content (AvgIpc) is 2.89. The number of fused-ring (bicyclic) bond motifs is 3. The SMILES string of the molecule is CS(=O)(=O)Nc1ccc2c(c1)S(=O)(=O)N=C(C1C(=O)[C@@H]3C4CCC(CC4)[C@@H]3N(Cc3cc(F)c(F)cc3F)C1=O)N2. The van der Waals surface area contributed by atoms with E-state index >= 15 is 0 Å². The largest absolute Gasteiger partial charge is 0.341 e. The Labute approximate surface area is 234 Å². The Hall–Kier alpha value is -3.46. The summed E-state index contributed by atoms with van der Waals surface area (Å²) in [5.74, 6) is -7.89. The number of rotatable bonds is 5. The van der Waals surface area contributed by atoms with Gasteiger partial charge in [0.1, 0.15) is 16.5 Å². The number of carbonyl (C=O) groups excluding carboxylic acids is 2. The molecule has 41 heavy (non-hydrogen) atoms. The number of piperidine rings is 1. The molecular formula is C26H25F3N4O6S2. The number of nitrogens with one attached hydrogen (secondary N) is 2. The van der Waals surface area contributed by atoms with Crippen LogP contribution in [0.2, 0.25) is 0 Å². The van der Waals surface area contributed by atoms with Crippen LogP contribution >= 0.6 is 0 Å². The standard InChI is InChI=1S/C26H25F3N4O6S2/c1-40(36,37)31-15-6-7-19-20(9-15)41(38,39)32-25(30-19)22-24(34)21-12-2-4-13(5-3-12)23(21)33(26(22)35)11-14-8-17(28)18(29)10-16(14)27/h6-10,12-13,21-23,31H,2-5,11H2,1H3,(H,30,32)/t12?,13?,21-,22?,23+/m1/s1. The molecule has 3 atom stereocenters. The van der Waals surface area contributed by atoms with Gasteiger partial charge in [0.05, 0.1) is 11.9 Å². The number of hydrogen-bond acceptors (Lipinski definition) is 7. The number of hydrogen-bond donors (Lipinski definition) is 2. The van der Waals surface area contributed by atoms with E-state index in [0.29, 0.717) is 12.1 Å². The van der Waals surface area contributed by atoms with Gasteiger partial charge in [-0.2, -0.15) is 8.42 Å². The minimum atomic E-state index is -4.48. The second-order valence-corrected chi connectivity index (χ2v) is 14.3. The van der Waals surface area contributed by atoms with Crippen LogP contribution < -0.4 is 10.0 Å². The first-order valence-corrected chi connectivity index (χ1v) is 16.3. The Bertz CT molecular complexity index is 1740. The molecule has 2 heterocycles. The van der Waals surface area contributed by atoms with E-state index in [2.05, 4.69) is 14.4 Å². The number of sulfonamides is 2. The molecule has 2 aromatic rings. The van der Waals surface area contributed by atoms with E-state index in [1.54, 1.807) is 0 Å². The lowest BCUT2D eigenvalue weighted by Gasteiger charge is -2.55. The van der Waals surface area contributed by atoms with Gasteiger partial charge < -0.3 is 10.2 Å². The van der Waals surface area contributed by atoms with Crippen molar-refractivity contribution in [2.75, 3.05) is 16.3 Å². The number of amidine groups is 1. The Morgan fingerprint density at radius 1 is 1.00 bits per heavy atom. The smallest absolute Gasteiger partial charge is 0.286 e. The molecule has 2 aromatic carbocycles. The normalized spacial score (nSPS) is 28.4. The first kappa shape index (κ1) is 27.7. The Morgan fingerprint density at radius 3 is 2.34 bits per heavy atom. The third kappa shape index (κ3) is 4.78. The number of anilines is 2. The van der Waals surface area contributed by atoms with Crippen LogP contribution in [0.3, 0.4) is 0 Å². The second kappa shape index (κ2) is 9.54. The fourth-order valence-corrected chi connectivity index (χ4v) is 8.51. The van der Waals surface area contributed by atoms with E-state index in [0.717, 1.165) is 38.0 Å². The van der Waals surface area contributed by atoms with Crippen molar-refractivity contribution in [3.8, 4) is 0 Å².